The van der Waals surface area contributed by atoms with Gasteiger partial charge in [-0.2, -0.15) is 0 Å². The summed E-state index contributed by atoms with van der Waals surface area (Å²) in [7, 11) is 1.65. The van der Waals surface area contributed by atoms with Crippen LogP contribution in [0.3, 0.4) is 0 Å². The topological polar surface area (TPSA) is 61.0 Å². The van der Waals surface area contributed by atoms with E-state index in [1.165, 1.54) is 11.8 Å². The Bertz CT molecular complexity index is 1080. The van der Waals surface area contributed by atoms with E-state index in [0.717, 1.165) is 39.7 Å². The van der Waals surface area contributed by atoms with Gasteiger partial charge in [0.2, 0.25) is 0 Å². The number of methoxy groups -OCH3 is 1. The van der Waals surface area contributed by atoms with Crippen LogP contribution in [0.2, 0.25) is 0 Å². The van der Waals surface area contributed by atoms with Crippen LogP contribution in [0.25, 0.3) is 22.5 Å². The molecule has 0 fully saturated rings. The zero-order valence-corrected chi connectivity index (χ0v) is 16.4. The number of hydrogen-bond acceptors (Lipinski definition) is 6. The molecule has 0 atom stereocenters. The van der Waals surface area contributed by atoms with E-state index in [0.29, 0.717) is 10.9 Å². The molecule has 0 aliphatic carbocycles. The number of rotatable bonds is 6. The van der Waals surface area contributed by atoms with Gasteiger partial charge in [-0.3, -0.25) is 0 Å². The summed E-state index contributed by atoms with van der Waals surface area (Å²) >= 11 is 1.53. The largest absolute Gasteiger partial charge is 0.496 e. The highest BCUT2D eigenvalue weighted by Gasteiger charge is 2.12. The smallest absolute Gasteiger partial charge is 0.188 e. The van der Waals surface area contributed by atoms with Crippen LogP contribution >= 0.6 is 11.8 Å². The van der Waals surface area contributed by atoms with Gasteiger partial charge in [0.05, 0.1) is 18.6 Å². The lowest BCUT2D eigenvalue weighted by molar-refractivity contribution is 0.395. The maximum Gasteiger partial charge on any atom is 0.188 e. The first-order valence-electron chi connectivity index (χ1n) is 8.86. The Hall–Kier alpha value is -3.12. The average Bonchev–Trinajstić information content (AvgIpc) is 3.21. The van der Waals surface area contributed by atoms with Crippen LogP contribution in [0.15, 0.2) is 76.4 Å². The highest BCUT2D eigenvalue weighted by Crippen LogP contribution is 2.31. The number of thioether (sulfide) groups is 1. The summed E-state index contributed by atoms with van der Waals surface area (Å²) in [5.41, 5.74) is 4.59. The molecule has 0 bridgehead atoms. The van der Waals surface area contributed by atoms with Gasteiger partial charge in [0, 0.05) is 22.9 Å². The van der Waals surface area contributed by atoms with Gasteiger partial charge in [-0.1, -0.05) is 59.4 Å². The van der Waals surface area contributed by atoms with Crippen LogP contribution in [-0.4, -0.2) is 22.2 Å². The van der Waals surface area contributed by atoms with Crippen LogP contribution < -0.4 is 4.74 Å². The second-order valence-electron chi connectivity index (χ2n) is 6.21. The summed E-state index contributed by atoms with van der Waals surface area (Å²) in [4.78, 5) is 9.22. The highest BCUT2D eigenvalue weighted by atomic mass is 32.2. The molecule has 0 amide bonds. The molecule has 0 saturated carbocycles. The number of aryl methyl sites for hydroxylation is 1. The fourth-order valence-corrected chi connectivity index (χ4v) is 3.64. The number of benzene rings is 2. The van der Waals surface area contributed by atoms with Crippen molar-refractivity contribution in [2.45, 2.75) is 17.8 Å². The van der Waals surface area contributed by atoms with E-state index in [1.807, 2.05) is 73.7 Å². The lowest BCUT2D eigenvalue weighted by Gasteiger charge is -2.05. The van der Waals surface area contributed by atoms with Crippen molar-refractivity contribution in [2.75, 3.05) is 7.11 Å². The number of aromatic nitrogens is 3. The first kappa shape index (κ1) is 18.3. The highest BCUT2D eigenvalue weighted by molar-refractivity contribution is 7.98. The average molecular weight is 389 g/mol. The molecule has 28 heavy (non-hydrogen) atoms. The standard InChI is InChI=1S/C22H19N3O2S/c1-15-12-19(16-8-4-3-5-9-16)24-22(23-15)28-14-17-13-20(25-27-17)18-10-6-7-11-21(18)26-2/h3-13H,14H2,1-2H3. The Morgan fingerprint density at radius 3 is 2.54 bits per heavy atom. The minimum atomic E-state index is 0.597. The molecular weight excluding hydrogens is 370 g/mol. The second-order valence-corrected chi connectivity index (χ2v) is 7.15. The Balaban J connectivity index is 1.51. The van der Waals surface area contributed by atoms with Crippen molar-refractivity contribution < 1.29 is 9.26 Å². The summed E-state index contributed by atoms with van der Waals surface area (Å²) in [5, 5.41) is 4.90. The van der Waals surface area contributed by atoms with Gasteiger partial charge in [0.1, 0.15) is 17.2 Å². The van der Waals surface area contributed by atoms with Crippen molar-refractivity contribution in [3.8, 4) is 28.3 Å². The van der Waals surface area contributed by atoms with Crippen molar-refractivity contribution in [1.82, 2.24) is 15.1 Å². The Morgan fingerprint density at radius 1 is 0.929 bits per heavy atom. The molecule has 0 radical (unpaired) electrons. The fraction of sp³-hybridized carbons (Fsp3) is 0.136. The molecule has 2 heterocycles. The fourth-order valence-electron chi connectivity index (χ4n) is 2.86. The third kappa shape index (κ3) is 4.07. The monoisotopic (exact) mass is 389 g/mol. The first-order chi connectivity index (χ1) is 13.7. The van der Waals surface area contributed by atoms with Crippen molar-refractivity contribution >= 4 is 11.8 Å². The van der Waals surface area contributed by atoms with Gasteiger partial charge in [-0.25, -0.2) is 9.97 Å². The van der Waals surface area contributed by atoms with E-state index in [9.17, 15) is 0 Å². The van der Waals surface area contributed by atoms with Crippen molar-refractivity contribution in [1.29, 1.82) is 0 Å². The lowest BCUT2D eigenvalue weighted by Crippen LogP contribution is -1.93. The van der Waals surface area contributed by atoms with Gasteiger partial charge >= 0.3 is 0 Å². The second kappa shape index (κ2) is 8.27. The van der Waals surface area contributed by atoms with E-state index in [-0.39, 0.29) is 0 Å². The number of hydrogen-bond donors (Lipinski definition) is 0. The lowest BCUT2D eigenvalue weighted by atomic mass is 10.1. The summed E-state index contributed by atoms with van der Waals surface area (Å²) in [6, 6.07) is 21.8. The van der Waals surface area contributed by atoms with E-state index < -0.39 is 0 Å². The van der Waals surface area contributed by atoms with Crippen LogP contribution in [0.5, 0.6) is 5.75 Å². The molecule has 0 spiro atoms. The molecule has 6 heteroatoms. The van der Waals surface area contributed by atoms with E-state index >= 15 is 0 Å². The van der Waals surface area contributed by atoms with Gasteiger partial charge in [0.25, 0.3) is 0 Å². The normalized spacial score (nSPS) is 10.8. The number of nitrogens with zero attached hydrogens (tertiary/aromatic N) is 3. The van der Waals surface area contributed by atoms with Crippen LogP contribution in [0.1, 0.15) is 11.5 Å². The molecule has 2 aromatic carbocycles. The van der Waals surface area contributed by atoms with Crippen LogP contribution in [0.4, 0.5) is 0 Å². The molecule has 2 aromatic heterocycles. The van der Waals surface area contributed by atoms with Crippen molar-refractivity contribution in [3.05, 3.63) is 78.2 Å². The molecule has 5 nitrogen and oxygen atoms in total. The van der Waals surface area contributed by atoms with E-state index in [2.05, 4.69) is 15.1 Å². The summed E-state index contributed by atoms with van der Waals surface area (Å²) < 4.78 is 10.9. The van der Waals surface area contributed by atoms with Gasteiger partial charge < -0.3 is 9.26 Å². The molecule has 0 aliphatic heterocycles. The summed E-state index contributed by atoms with van der Waals surface area (Å²) in [6.45, 7) is 1.98. The molecule has 140 valence electrons. The molecule has 4 aromatic rings. The van der Waals surface area contributed by atoms with Crippen LogP contribution in [-0.2, 0) is 5.75 Å². The molecule has 4 rings (SSSR count). The summed E-state index contributed by atoms with van der Waals surface area (Å²) in [5.74, 6) is 2.13. The predicted octanol–water partition coefficient (Wildman–Crippen LogP) is 5.41. The maximum absolute atomic E-state index is 5.50. The minimum Gasteiger partial charge on any atom is -0.496 e. The Labute approximate surface area is 167 Å². The van der Waals surface area contributed by atoms with Gasteiger partial charge in [-0.15, -0.1) is 0 Å². The third-order valence-corrected chi connectivity index (χ3v) is 5.06. The predicted molar refractivity (Wildman–Crippen MR) is 110 cm³/mol. The molecule has 0 saturated heterocycles. The van der Waals surface area contributed by atoms with Crippen molar-refractivity contribution in [3.63, 3.8) is 0 Å². The maximum atomic E-state index is 5.50. The van der Waals surface area contributed by atoms with Gasteiger partial charge in [-0.05, 0) is 25.1 Å². The third-order valence-electron chi connectivity index (χ3n) is 4.19. The summed E-state index contributed by atoms with van der Waals surface area (Å²) in [6.07, 6.45) is 0. The minimum absolute atomic E-state index is 0.597. The zero-order valence-electron chi connectivity index (χ0n) is 15.6. The molecule has 0 unspecified atom stereocenters. The molecule has 0 aliphatic rings. The number of ether oxygens (including phenoxy) is 1. The Morgan fingerprint density at radius 2 is 1.71 bits per heavy atom. The zero-order chi connectivity index (χ0) is 19.3. The van der Waals surface area contributed by atoms with Crippen molar-refractivity contribution in [2.24, 2.45) is 0 Å². The first-order valence-corrected chi connectivity index (χ1v) is 9.84. The Kier molecular flexibility index (Phi) is 5.39. The number of para-hydroxylation sites is 1. The molecular formula is C22H19N3O2S. The van der Waals surface area contributed by atoms with Gasteiger partial charge in [0.15, 0.2) is 5.16 Å². The molecule has 0 N–H and O–H groups in total. The van der Waals surface area contributed by atoms with E-state index in [1.54, 1.807) is 7.11 Å². The van der Waals surface area contributed by atoms with E-state index in [4.69, 9.17) is 9.26 Å². The quantitative estimate of drug-likeness (QED) is 0.325. The van der Waals surface area contributed by atoms with Crippen LogP contribution in [0, 0.1) is 6.92 Å². The SMILES string of the molecule is COc1ccccc1-c1cc(CSc2nc(C)cc(-c3ccccc3)n2)on1.